The largest absolute Gasteiger partial charge is 0.508 e. The van der Waals surface area contributed by atoms with Gasteiger partial charge in [-0.3, -0.25) is 0 Å². The van der Waals surface area contributed by atoms with Gasteiger partial charge in [-0.2, -0.15) is 0 Å². The molecule has 1 heterocycles. The van der Waals surface area contributed by atoms with E-state index in [9.17, 15) is 5.11 Å². The highest BCUT2D eigenvalue weighted by Gasteiger charge is 2.35. The summed E-state index contributed by atoms with van der Waals surface area (Å²) in [5.41, 5.74) is 2.41. The van der Waals surface area contributed by atoms with Gasteiger partial charge in [0.1, 0.15) is 11.4 Å². The average Bonchev–Trinajstić information content (AvgIpc) is 2.94. The third-order valence-corrected chi connectivity index (χ3v) is 4.61. The summed E-state index contributed by atoms with van der Waals surface area (Å²) in [7, 11) is 1.77. The van der Waals surface area contributed by atoms with Crippen LogP contribution in [0.4, 0.5) is 0 Å². The Labute approximate surface area is 120 Å². The minimum atomic E-state index is -0.172. The molecule has 1 fully saturated rings. The summed E-state index contributed by atoms with van der Waals surface area (Å²) in [4.78, 5) is 0. The number of nitrogens with one attached hydrogen (secondary N) is 1. The van der Waals surface area contributed by atoms with Crippen molar-refractivity contribution >= 4 is 0 Å². The molecule has 3 rings (SSSR count). The van der Waals surface area contributed by atoms with Crippen molar-refractivity contribution < 1.29 is 14.6 Å². The molecule has 4 heteroatoms. The van der Waals surface area contributed by atoms with Crippen LogP contribution < -0.4 is 5.32 Å². The molecule has 0 aromatic heterocycles. The van der Waals surface area contributed by atoms with E-state index in [-0.39, 0.29) is 5.60 Å². The number of aromatic hydroxyl groups is 1. The first kappa shape index (κ1) is 13.9. The number of benzene rings is 1. The van der Waals surface area contributed by atoms with Gasteiger partial charge in [-0.25, -0.2) is 0 Å². The molecular weight excluding hydrogens is 254 g/mol. The van der Waals surface area contributed by atoms with Crippen molar-refractivity contribution in [1.29, 1.82) is 0 Å². The molecule has 0 bridgehead atoms. The van der Waals surface area contributed by atoms with Gasteiger partial charge in [0.05, 0.1) is 6.61 Å². The smallest absolute Gasteiger partial charge is 0.115 e. The first-order valence-electron chi connectivity index (χ1n) is 7.40. The van der Waals surface area contributed by atoms with Crippen LogP contribution in [-0.2, 0) is 15.9 Å². The van der Waals surface area contributed by atoms with Crippen LogP contribution in [0.1, 0.15) is 36.4 Å². The van der Waals surface area contributed by atoms with Crippen LogP contribution in [0.15, 0.2) is 18.2 Å². The van der Waals surface area contributed by atoms with Crippen molar-refractivity contribution in [3.05, 3.63) is 29.3 Å². The summed E-state index contributed by atoms with van der Waals surface area (Å²) in [5, 5.41) is 13.2. The molecule has 0 saturated carbocycles. The minimum absolute atomic E-state index is 0.172. The lowest BCUT2D eigenvalue weighted by molar-refractivity contribution is -0.0178. The predicted molar refractivity (Wildman–Crippen MR) is 77.0 cm³/mol. The summed E-state index contributed by atoms with van der Waals surface area (Å²) in [6.45, 7) is 2.27. The van der Waals surface area contributed by atoms with Gasteiger partial charge in [-0.1, -0.05) is 6.07 Å². The molecule has 4 nitrogen and oxygen atoms in total. The van der Waals surface area contributed by atoms with E-state index in [1.54, 1.807) is 13.2 Å². The van der Waals surface area contributed by atoms with E-state index >= 15 is 0 Å². The standard InChI is InChI=1S/C16H23NO3/c1-19-16(7-8-20-11-16)10-17-15-4-2-3-12-9-13(18)5-6-14(12)15/h5-6,9,15,17-18H,2-4,7-8,10-11H2,1H3. The Balaban J connectivity index is 1.70. The second-order valence-corrected chi connectivity index (χ2v) is 5.90. The number of hydrogen-bond donors (Lipinski definition) is 2. The van der Waals surface area contributed by atoms with E-state index in [4.69, 9.17) is 9.47 Å². The van der Waals surface area contributed by atoms with E-state index in [2.05, 4.69) is 5.32 Å². The van der Waals surface area contributed by atoms with Gasteiger partial charge in [0.15, 0.2) is 0 Å². The van der Waals surface area contributed by atoms with Crippen LogP contribution in [0.3, 0.4) is 0 Å². The summed E-state index contributed by atoms with van der Waals surface area (Å²) in [5.74, 6) is 0.363. The number of methoxy groups -OCH3 is 1. The monoisotopic (exact) mass is 277 g/mol. The third-order valence-electron chi connectivity index (χ3n) is 4.61. The molecule has 20 heavy (non-hydrogen) atoms. The van der Waals surface area contributed by atoms with Crippen molar-refractivity contribution in [2.24, 2.45) is 0 Å². The average molecular weight is 277 g/mol. The minimum Gasteiger partial charge on any atom is -0.508 e. The van der Waals surface area contributed by atoms with E-state index in [0.717, 1.165) is 38.8 Å². The van der Waals surface area contributed by atoms with Crippen LogP contribution in [0.25, 0.3) is 0 Å². The number of fused-ring (bicyclic) bond motifs is 1. The first-order valence-corrected chi connectivity index (χ1v) is 7.40. The molecule has 1 aliphatic carbocycles. The van der Waals surface area contributed by atoms with E-state index in [1.807, 2.05) is 12.1 Å². The Kier molecular flexibility index (Phi) is 3.96. The van der Waals surface area contributed by atoms with Crippen molar-refractivity contribution in [3.63, 3.8) is 0 Å². The molecule has 2 atom stereocenters. The highest BCUT2D eigenvalue weighted by Crippen LogP contribution is 2.32. The molecule has 1 aliphatic heterocycles. The van der Waals surface area contributed by atoms with Crippen LogP contribution in [0.5, 0.6) is 5.75 Å². The molecule has 0 radical (unpaired) electrons. The third kappa shape index (κ3) is 2.68. The first-order chi connectivity index (χ1) is 9.72. The number of rotatable bonds is 4. The quantitative estimate of drug-likeness (QED) is 0.885. The van der Waals surface area contributed by atoms with Gasteiger partial charge < -0.3 is 19.9 Å². The van der Waals surface area contributed by atoms with Gasteiger partial charge in [0.25, 0.3) is 0 Å². The number of aryl methyl sites for hydroxylation is 1. The van der Waals surface area contributed by atoms with Gasteiger partial charge in [0, 0.05) is 32.7 Å². The molecule has 0 amide bonds. The maximum atomic E-state index is 9.60. The van der Waals surface area contributed by atoms with Crippen LogP contribution >= 0.6 is 0 Å². The fourth-order valence-corrected chi connectivity index (χ4v) is 3.28. The second-order valence-electron chi connectivity index (χ2n) is 5.90. The van der Waals surface area contributed by atoms with E-state index in [0.29, 0.717) is 18.4 Å². The van der Waals surface area contributed by atoms with Crippen molar-refractivity contribution in [2.45, 2.75) is 37.3 Å². The Hall–Kier alpha value is -1.10. The Morgan fingerprint density at radius 3 is 3.15 bits per heavy atom. The maximum Gasteiger partial charge on any atom is 0.115 e. The van der Waals surface area contributed by atoms with Crippen molar-refractivity contribution in [1.82, 2.24) is 5.32 Å². The van der Waals surface area contributed by atoms with Crippen molar-refractivity contribution in [2.75, 3.05) is 26.9 Å². The molecule has 110 valence electrons. The number of phenolic OH excluding ortho intramolecular Hbond substituents is 1. The molecule has 2 N–H and O–H groups in total. The topological polar surface area (TPSA) is 50.7 Å². The van der Waals surface area contributed by atoms with Gasteiger partial charge in [-0.15, -0.1) is 0 Å². The SMILES string of the molecule is COC1(CNC2CCCc3cc(O)ccc32)CCOC1. The van der Waals surface area contributed by atoms with Gasteiger partial charge in [0.2, 0.25) is 0 Å². The zero-order valence-corrected chi connectivity index (χ0v) is 12.0. The normalized spacial score (nSPS) is 29.4. The molecule has 1 aromatic rings. The van der Waals surface area contributed by atoms with Crippen LogP contribution in [-0.4, -0.2) is 37.6 Å². The molecule has 0 spiro atoms. The fourth-order valence-electron chi connectivity index (χ4n) is 3.28. The number of ether oxygens (including phenoxy) is 2. The van der Waals surface area contributed by atoms with Gasteiger partial charge in [-0.05, 0) is 42.5 Å². The van der Waals surface area contributed by atoms with Crippen LogP contribution in [0.2, 0.25) is 0 Å². The van der Waals surface area contributed by atoms with Crippen LogP contribution in [0, 0.1) is 0 Å². The Bertz CT molecular complexity index is 469. The molecular formula is C16H23NO3. The zero-order chi connectivity index (χ0) is 14.0. The Morgan fingerprint density at radius 2 is 2.40 bits per heavy atom. The number of hydrogen-bond acceptors (Lipinski definition) is 4. The molecule has 2 unspecified atom stereocenters. The summed E-state index contributed by atoms with van der Waals surface area (Å²) in [6.07, 6.45) is 4.30. The zero-order valence-electron chi connectivity index (χ0n) is 12.0. The predicted octanol–water partition coefficient (Wildman–Crippen LogP) is 2.16. The van der Waals surface area contributed by atoms with E-state index in [1.165, 1.54) is 11.1 Å². The molecule has 2 aliphatic rings. The van der Waals surface area contributed by atoms with Crippen molar-refractivity contribution in [3.8, 4) is 5.75 Å². The number of phenols is 1. The molecule has 1 saturated heterocycles. The molecule has 1 aromatic carbocycles. The highest BCUT2D eigenvalue weighted by molar-refractivity contribution is 5.38. The lowest BCUT2D eigenvalue weighted by Crippen LogP contribution is -2.44. The second kappa shape index (κ2) is 5.72. The Morgan fingerprint density at radius 1 is 1.50 bits per heavy atom. The highest BCUT2D eigenvalue weighted by atomic mass is 16.5. The maximum absolute atomic E-state index is 9.60. The van der Waals surface area contributed by atoms with Gasteiger partial charge >= 0.3 is 0 Å². The summed E-state index contributed by atoms with van der Waals surface area (Å²) >= 11 is 0. The fraction of sp³-hybridized carbons (Fsp3) is 0.625. The lowest BCUT2D eigenvalue weighted by Gasteiger charge is -2.32. The summed E-state index contributed by atoms with van der Waals surface area (Å²) in [6, 6.07) is 6.08. The summed E-state index contributed by atoms with van der Waals surface area (Å²) < 4.78 is 11.1. The lowest BCUT2D eigenvalue weighted by atomic mass is 9.87. The van der Waals surface area contributed by atoms with E-state index < -0.39 is 0 Å².